The minimum absolute atomic E-state index is 0.683. The maximum Gasteiger partial charge on any atom is 0.128 e. The standard InChI is InChI=1S/C14H12N4/c1-17-7-5-16-14(17)10-18-6-4-12-3-2-11(9-15)8-13(12)18/h2-8H,10H2,1H3. The maximum absolute atomic E-state index is 8.95. The van der Waals surface area contributed by atoms with Gasteiger partial charge in [-0.2, -0.15) is 5.26 Å². The van der Waals surface area contributed by atoms with Gasteiger partial charge in [-0.15, -0.1) is 0 Å². The first-order valence-corrected chi connectivity index (χ1v) is 5.73. The third-order valence-corrected chi connectivity index (χ3v) is 3.14. The van der Waals surface area contributed by atoms with E-state index in [-0.39, 0.29) is 0 Å². The molecule has 88 valence electrons. The molecule has 4 nitrogen and oxygen atoms in total. The van der Waals surface area contributed by atoms with E-state index < -0.39 is 0 Å². The van der Waals surface area contributed by atoms with Crippen molar-refractivity contribution in [3.05, 3.63) is 54.2 Å². The van der Waals surface area contributed by atoms with Crippen molar-refractivity contribution in [2.75, 3.05) is 0 Å². The summed E-state index contributed by atoms with van der Waals surface area (Å²) in [6, 6.07) is 9.96. The zero-order valence-corrected chi connectivity index (χ0v) is 10.0. The predicted octanol–water partition coefficient (Wildman–Crippen LogP) is 2.29. The van der Waals surface area contributed by atoms with Crippen LogP contribution in [-0.4, -0.2) is 14.1 Å². The average molecular weight is 236 g/mol. The van der Waals surface area contributed by atoms with Crippen LogP contribution in [0.4, 0.5) is 0 Å². The van der Waals surface area contributed by atoms with Crippen LogP contribution in [-0.2, 0) is 13.6 Å². The van der Waals surface area contributed by atoms with Crippen molar-refractivity contribution in [2.45, 2.75) is 6.54 Å². The Bertz CT molecular complexity index is 743. The third kappa shape index (κ3) is 1.66. The van der Waals surface area contributed by atoms with Crippen molar-refractivity contribution < 1.29 is 0 Å². The summed E-state index contributed by atoms with van der Waals surface area (Å²) in [5.74, 6) is 0.995. The van der Waals surface area contributed by atoms with Crippen molar-refractivity contribution >= 4 is 10.9 Å². The van der Waals surface area contributed by atoms with E-state index in [9.17, 15) is 0 Å². The molecule has 0 saturated carbocycles. The van der Waals surface area contributed by atoms with Crippen LogP contribution < -0.4 is 0 Å². The summed E-state index contributed by atoms with van der Waals surface area (Å²) in [6.07, 6.45) is 5.75. The lowest BCUT2D eigenvalue weighted by Crippen LogP contribution is -2.04. The highest BCUT2D eigenvalue weighted by Gasteiger charge is 2.05. The minimum Gasteiger partial charge on any atom is -0.340 e. The fraction of sp³-hybridized carbons (Fsp3) is 0.143. The van der Waals surface area contributed by atoms with Crippen molar-refractivity contribution in [1.29, 1.82) is 5.26 Å². The van der Waals surface area contributed by atoms with Crippen molar-refractivity contribution in [3.63, 3.8) is 0 Å². The van der Waals surface area contributed by atoms with E-state index in [2.05, 4.69) is 21.7 Å². The summed E-state index contributed by atoms with van der Waals surface area (Å²) < 4.78 is 4.11. The van der Waals surface area contributed by atoms with Gasteiger partial charge in [-0.05, 0) is 23.6 Å². The lowest BCUT2D eigenvalue weighted by molar-refractivity contribution is 0.718. The number of fused-ring (bicyclic) bond motifs is 1. The molecular formula is C14H12N4. The van der Waals surface area contributed by atoms with E-state index in [1.165, 1.54) is 0 Å². The van der Waals surface area contributed by atoms with Crippen LogP contribution in [0.25, 0.3) is 10.9 Å². The van der Waals surface area contributed by atoms with E-state index in [1.54, 1.807) is 6.20 Å². The predicted molar refractivity (Wildman–Crippen MR) is 69.0 cm³/mol. The van der Waals surface area contributed by atoms with Gasteiger partial charge in [0.25, 0.3) is 0 Å². The lowest BCUT2D eigenvalue weighted by Gasteiger charge is -2.05. The molecule has 4 heteroatoms. The topological polar surface area (TPSA) is 46.5 Å². The van der Waals surface area contributed by atoms with Gasteiger partial charge in [0.05, 0.1) is 18.2 Å². The molecule has 0 N–H and O–H groups in total. The molecule has 2 heterocycles. The van der Waals surface area contributed by atoms with Gasteiger partial charge in [0.2, 0.25) is 0 Å². The number of imidazole rings is 1. The smallest absolute Gasteiger partial charge is 0.128 e. The Morgan fingerprint density at radius 3 is 2.89 bits per heavy atom. The number of nitriles is 1. The molecule has 0 spiro atoms. The number of aryl methyl sites for hydroxylation is 1. The molecule has 0 saturated heterocycles. The highest BCUT2D eigenvalue weighted by molar-refractivity contribution is 5.81. The normalized spacial score (nSPS) is 10.7. The first-order chi connectivity index (χ1) is 8.78. The molecule has 3 rings (SSSR count). The molecule has 0 fully saturated rings. The summed E-state index contributed by atoms with van der Waals surface area (Å²) in [5, 5.41) is 10.1. The maximum atomic E-state index is 8.95. The van der Waals surface area contributed by atoms with Crippen LogP contribution in [0.3, 0.4) is 0 Å². The second kappa shape index (κ2) is 4.04. The van der Waals surface area contributed by atoms with Crippen LogP contribution >= 0.6 is 0 Å². The quantitative estimate of drug-likeness (QED) is 0.685. The molecule has 2 aromatic heterocycles. The molecule has 0 atom stereocenters. The lowest BCUT2D eigenvalue weighted by atomic mass is 10.2. The number of benzene rings is 1. The van der Waals surface area contributed by atoms with Gasteiger partial charge < -0.3 is 9.13 Å². The van der Waals surface area contributed by atoms with Gasteiger partial charge in [-0.25, -0.2) is 4.98 Å². The largest absolute Gasteiger partial charge is 0.340 e. The summed E-state index contributed by atoms with van der Waals surface area (Å²) in [7, 11) is 1.98. The van der Waals surface area contributed by atoms with Gasteiger partial charge in [0.15, 0.2) is 0 Å². The average Bonchev–Trinajstić information content (AvgIpc) is 2.97. The zero-order chi connectivity index (χ0) is 12.5. The molecule has 18 heavy (non-hydrogen) atoms. The van der Waals surface area contributed by atoms with E-state index in [0.717, 1.165) is 16.7 Å². The van der Waals surface area contributed by atoms with E-state index in [1.807, 2.05) is 42.2 Å². The van der Waals surface area contributed by atoms with E-state index in [0.29, 0.717) is 12.1 Å². The number of rotatable bonds is 2. The summed E-state index contributed by atoms with van der Waals surface area (Å²) >= 11 is 0. The zero-order valence-electron chi connectivity index (χ0n) is 10.0. The molecule has 1 aromatic carbocycles. The van der Waals surface area contributed by atoms with Crippen LogP contribution in [0.5, 0.6) is 0 Å². The summed E-state index contributed by atoms with van der Waals surface area (Å²) in [6.45, 7) is 0.710. The molecule has 0 amide bonds. The monoisotopic (exact) mass is 236 g/mol. The fourth-order valence-corrected chi connectivity index (χ4v) is 2.09. The fourth-order valence-electron chi connectivity index (χ4n) is 2.09. The molecule has 0 radical (unpaired) electrons. The summed E-state index contributed by atoms with van der Waals surface area (Å²) in [4.78, 5) is 4.32. The first-order valence-electron chi connectivity index (χ1n) is 5.73. The molecule has 0 unspecified atom stereocenters. The van der Waals surface area contributed by atoms with Crippen molar-refractivity contribution in [3.8, 4) is 6.07 Å². The van der Waals surface area contributed by atoms with Crippen molar-refractivity contribution in [2.24, 2.45) is 7.05 Å². The molecule has 0 aliphatic heterocycles. The van der Waals surface area contributed by atoms with Crippen LogP contribution in [0.2, 0.25) is 0 Å². The van der Waals surface area contributed by atoms with E-state index >= 15 is 0 Å². The summed E-state index contributed by atoms with van der Waals surface area (Å²) in [5.41, 5.74) is 1.75. The molecule has 0 bridgehead atoms. The molecule has 0 aliphatic rings. The van der Waals surface area contributed by atoms with Gasteiger partial charge >= 0.3 is 0 Å². The Balaban J connectivity index is 2.07. The second-order valence-corrected chi connectivity index (χ2v) is 4.28. The first kappa shape index (κ1) is 10.6. The SMILES string of the molecule is Cn1ccnc1Cn1ccc2ccc(C#N)cc21. The molecule has 3 aromatic rings. The Kier molecular flexibility index (Phi) is 2.38. The van der Waals surface area contributed by atoms with Crippen LogP contribution in [0, 0.1) is 11.3 Å². The highest BCUT2D eigenvalue weighted by atomic mass is 15.1. The Hall–Kier alpha value is -2.54. The Morgan fingerprint density at radius 2 is 2.17 bits per heavy atom. The minimum atomic E-state index is 0.683. The highest BCUT2D eigenvalue weighted by Crippen LogP contribution is 2.18. The van der Waals surface area contributed by atoms with Gasteiger partial charge in [-0.3, -0.25) is 0 Å². The number of aromatic nitrogens is 3. The number of hydrogen-bond donors (Lipinski definition) is 0. The van der Waals surface area contributed by atoms with Crippen LogP contribution in [0.15, 0.2) is 42.9 Å². The molecular weight excluding hydrogens is 224 g/mol. The number of hydrogen-bond acceptors (Lipinski definition) is 2. The Morgan fingerprint density at radius 1 is 1.28 bits per heavy atom. The second-order valence-electron chi connectivity index (χ2n) is 4.28. The van der Waals surface area contributed by atoms with Gasteiger partial charge in [0, 0.05) is 31.2 Å². The number of nitrogens with zero attached hydrogens (tertiary/aromatic N) is 4. The van der Waals surface area contributed by atoms with E-state index in [4.69, 9.17) is 5.26 Å². The van der Waals surface area contributed by atoms with Crippen molar-refractivity contribution in [1.82, 2.24) is 14.1 Å². The Labute approximate surface area is 105 Å². The third-order valence-electron chi connectivity index (χ3n) is 3.14. The molecule has 0 aliphatic carbocycles. The van der Waals surface area contributed by atoms with Gasteiger partial charge in [-0.1, -0.05) is 6.07 Å². The van der Waals surface area contributed by atoms with Crippen LogP contribution in [0.1, 0.15) is 11.4 Å². The van der Waals surface area contributed by atoms with Gasteiger partial charge in [0.1, 0.15) is 5.82 Å².